The molecule has 1 rings (SSSR count). The van der Waals surface area contributed by atoms with Crippen molar-refractivity contribution in [3.05, 3.63) is 0 Å². The molecule has 110 valence electrons. The van der Waals surface area contributed by atoms with Crippen LogP contribution in [-0.4, -0.2) is 37.2 Å². The number of nitrogens with one attached hydrogen (secondary N) is 1. The number of carbonyl (C=O) groups is 2. The van der Waals surface area contributed by atoms with E-state index in [2.05, 4.69) is 5.32 Å². The summed E-state index contributed by atoms with van der Waals surface area (Å²) < 4.78 is 10.3. The molecule has 1 amide bonds. The van der Waals surface area contributed by atoms with Gasteiger partial charge in [0.25, 0.3) is 0 Å². The fourth-order valence-electron chi connectivity index (χ4n) is 2.28. The van der Waals surface area contributed by atoms with Crippen molar-refractivity contribution < 1.29 is 19.1 Å². The van der Waals surface area contributed by atoms with Gasteiger partial charge in [-0.2, -0.15) is 0 Å². The van der Waals surface area contributed by atoms with Crippen molar-refractivity contribution in [3.8, 4) is 0 Å². The van der Waals surface area contributed by atoms with Gasteiger partial charge in [0, 0.05) is 5.54 Å². The van der Waals surface area contributed by atoms with E-state index in [-0.39, 0.29) is 36.0 Å². The normalized spacial score (nSPS) is 23.8. The van der Waals surface area contributed by atoms with Crippen LogP contribution < -0.4 is 5.32 Å². The fraction of sp³-hybridized carbons (Fsp3) is 0.857. The summed E-state index contributed by atoms with van der Waals surface area (Å²) in [7, 11) is 1.42. The van der Waals surface area contributed by atoms with Crippen LogP contribution >= 0.6 is 0 Å². The van der Waals surface area contributed by atoms with Crippen molar-refractivity contribution in [2.24, 2.45) is 5.92 Å². The summed E-state index contributed by atoms with van der Waals surface area (Å²) in [5, 5.41) is 2.86. The Morgan fingerprint density at radius 3 is 2.21 bits per heavy atom. The highest BCUT2D eigenvalue weighted by Crippen LogP contribution is 2.26. The van der Waals surface area contributed by atoms with E-state index in [0.29, 0.717) is 0 Å². The van der Waals surface area contributed by atoms with Gasteiger partial charge in [-0.1, -0.05) is 0 Å². The lowest BCUT2D eigenvalue weighted by atomic mass is 9.87. The molecule has 1 aliphatic rings. The third kappa shape index (κ3) is 6.05. The third-order valence-corrected chi connectivity index (χ3v) is 3.17. The van der Waals surface area contributed by atoms with Gasteiger partial charge in [0.05, 0.1) is 19.1 Å². The Hall–Kier alpha value is -1.10. The molecule has 0 atom stereocenters. The topological polar surface area (TPSA) is 64.6 Å². The van der Waals surface area contributed by atoms with Crippen molar-refractivity contribution in [1.82, 2.24) is 5.32 Å². The van der Waals surface area contributed by atoms with Crippen LogP contribution in [-0.2, 0) is 19.1 Å². The number of esters is 1. The molecule has 5 heteroatoms. The lowest BCUT2D eigenvalue weighted by Crippen LogP contribution is -2.43. The zero-order chi connectivity index (χ0) is 14.5. The number of ether oxygens (including phenoxy) is 2. The highest BCUT2D eigenvalue weighted by atomic mass is 16.5. The summed E-state index contributed by atoms with van der Waals surface area (Å²) in [6, 6.07) is 0. The Morgan fingerprint density at radius 2 is 1.74 bits per heavy atom. The molecular weight excluding hydrogens is 246 g/mol. The summed E-state index contributed by atoms with van der Waals surface area (Å²) in [6.07, 6.45) is 3.24. The minimum absolute atomic E-state index is 0.00625. The van der Waals surface area contributed by atoms with Crippen LogP contribution in [0.4, 0.5) is 0 Å². The molecule has 1 aliphatic carbocycles. The fourth-order valence-corrected chi connectivity index (χ4v) is 2.28. The number of carbonyl (C=O) groups excluding carboxylic acids is 2. The smallest absolute Gasteiger partial charge is 0.308 e. The molecule has 0 spiro atoms. The zero-order valence-electron chi connectivity index (χ0n) is 12.3. The SMILES string of the molecule is COC(=O)C1CCC(OCC(=O)NC(C)(C)C)CC1. The van der Waals surface area contributed by atoms with Gasteiger partial charge in [0.15, 0.2) is 0 Å². The first kappa shape index (κ1) is 16.0. The van der Waals surface area contributed by atoms with Crippen LogP contribution in [0.15, 0.2) is 0 Å². The molecule has 19 heavy (non-hydrogen) atoms. The largest absolute Gasteiger partial charge is 0.469 e. The van der Waals surface area contributed by atoms with Gasteiger partial charge in [-0.15, -0.1) is 0 Å². The standard InChI is InChI=1S/C14H25NO4/c1-14(2,3)15-12(16)9-19-11-7-5-10(6-8-11)13(17)18-4/h10-11H,5-9H2,1-4H3,(H,15,16). The highest BCUT2D eigenvalue weighted by Gasteiger charge is 2.27. The predicted molar refractivity (Wildman–Crippen MR) is 71.6 cm³/mol. The van der Waals surface area contributed by atoms with Crippen LogP contribution in [0.2, 0.25) is 0 Å². The molecule has 1 fully saturated rings. The van der Waals surface area contributed by atoms with Gasteiger partial charge in [-0.05, 0) is 46.5 Å². The number of amides is 1. The molecule has 1 saturated carbocycles. The Kier molecular flexibility index (Phi) is 5.79. The third-order valence-electron chi connectivity index (χ3n) is 3.17. The van der Waals surface area contributed by atoms with Crippen molar-refractivity contribution in [2.45, 2.75) is 58.1 Å². The lowest BCUT2D eigenvalue weighted by Gasteiger charge is -2.27. The lowest BCUT2D eigenvalue weighted by molar-refractivity contribution is -0.148. The van der Waals surface area contributed by atoms with E-state index < -0.39 is 0 Å². The first-order valence-corrected chi connectivity index (χ1v) is 6.82. The quantitative estimate of drug-likeness (QED) is 0.790. The van der Waals surface area contributed by atoms with Crippen LogP contribution in [0.1, 0.15) is 46.5 Å². The number of rotatable bonds is 4. The van der Waals surface area contributed by atoms with Gasteiger partial charge < -0.3 is 14.8 Å². The predicted octanol–water partition coefficient (Wildman–Crippen LogP) is 1.65. The van der Waals surface area contributed by atoms with E-state index >= 15 is 0 Å². The Balaban J connectivity index is 2.23. The second kappa shape index (κ2) is 6.89. The molecule has 0 aromatic heterocycles. The first-order chi connectivity index (χ1) is 8.81. The van der Waals surface area contributed by atoms with E-state index in [9.17, 15) is 9.59 Å². The summed E-state index contributed by atoms with van der Waals surface area (Å²) >= 11 is 0. The number of methoxy groups -OCH3 is 1. The molecular formula is C14H25NO4. The van der Waals surface area contributed by atoms with Crippen molar-refractivity contribution in [1.29, 1.82) is 0 Å². The summed E-state index contributed by atoms with van der Waals surface area (Å²) in [5.74, 6) is -0.236. The molecule has 0 aromatic carbocycles. The Labute approximate surface area is 115 Å². The molecule has 0 bridgehead atoms. The van der Waals surface area contributed by atoms with Crippen molar-refractivity contribution in [3.63, 3.8) is 0 Å². The molecule has 5 nitrogen and oxygen atoms in total. The molecule has 0 aromatic rings. The maximum absolute atomic E-state index is 11.6. The van der Waals surface area contributed by atoms with Crippen LogP contribution in [0.5, 0.6) is 0 Å². The van der Waals surface area contributed by atoms with E-state index in [0.717, 1.165) is 25.7 Å². The monoisotopic (exact) mass is 271 g/mol. The maximum atomic E-state index is 11.6. The molecule has 0 radical (unpaired) electrons. The van der Waals surface area contributed by atoms with Gasteiger partial charge in [0.2, 0.25) is 5.91 Å². The average molecular weight is 271 g/mol. The minimum atomic E-state index is -0.233. The summed E-state index contributed by atoms with van der Waals surface area (Å²) in [5.41, 5.74) is -0.233. The van der Waals surface area contributed by atoms with E-state index in [1.165, 1.54) is 7.11 Å². The number of hydrogen-bond donors (Lipinski definition) is 1. The Morgan fingerprint density at radius 1 is 1.16 bits per heavy atom. The average Bonchev–Trinajstić information content (AvgIpc) is 2.34. The second-order valence-corrected chi connectivity index (χ2v) is 6.11. The molecule has 0 aliphatic heterocycles. The molecule has 0 heterocycles. The van der Waals surface area contributed by atoms with Crippen LogP contribution in [0, 0.1) is 5.92 Å². The Bertz CT molecular complexity index is 314. The molecule has 0 saturated heterocycles. The van der Waals surface area contributed by atoms with E-state index in [1.54, 1.807) is 0 Å². The summed E-state index contributed by atoms with van der Waals surface area (Å²) in [6.45, 7) is 5.90. The maximum Gasteiger partial charge on any atom is 0.308 e. The number of hydrogen-bond acceptors (Lipinski definition) is 4. The summed E-state index contributed by atoms with van der Waals surface area (Å²) in [4.78, 5) is 23.0. The van der Waals surface area contributed by atoms with E-state index in [1.807, 2.05) is 20.8 Å². The van der Waals surface area contributed by atoms with Gasteiger partial charge in [-0.25, -0.2) is 0 Å². The van der Waals surface area contributed by atoms with Crippen LogP contribution in [0.25, 0.3) is 0 Å². The second-order valence-electron chi connectivity index (χ2n) is 6.11. The molecule has 0 unspecified atom stereocenters. The minimum Gasteiger partial charge on any atom is -0.469 e. The van der Waals surface area contributed by atoms with Gasteiger partial charge >= 0.3 is 5.97 Å². The highest BCUT2D eigenvalue weighted by molar-refractivity contribution is 5.77. The van der Waals surface area contributed by atoms with Crippen LogP contribution in [0.3, 0.4) is 0 Å². The zero-order valence-corrected chi connectivity index (χ0v) is 12.3. The van der Waals surface area contributed by atoms with E-state index in [4.69, 9.17) is 9.47 Å². The first-order valence-electron chi connectivity index (χ1n) is 6.82. The van der Waals surface area contributed by atoms with Gasteiger partial charge in [-0.3, -0.25) is 9.59 Å². The van der Waals surface area contributed by atoms with Gasteiger partial charge in [0.1, 0.15) is 6.61 Å². The van der Waals surface area contributed by atoms with Crippen molar-refractivity contribution >= 4 is 11.9 Å². The molecule has 1 N–H and O–H groups in total. The van der Waals surface area contributed by atoms with Crippen molar-refractivity contribution in [2.75, 3.05) is 13.7 Å².